The third-order valence-corrected chi connectivity index (χ3v) is 15.7. The second-order valence-electron chi connectivity index (χ2n) is 17.7. The molecule has 4 aliphatic rings. The average molecular weight is 932 g/mol. The van der Waals surface area contributed by atoms with E-state index in [2.05, 4.69) is 16.4 Å². The first-order chi connectivity index (χ1) is 32.5. The molecule has 0 saturated heterocycles. The van der Waals surface area contributed by atoms with E-state index in [1.165, 1.54) is 12.7 Å². The summed E-state index contributed by atoms with van der Waals surface area (Å²) in [5, 5.41) is 3.81. The number of fused-ring (bicyclic) bond motifs is 8. The van der Waals surface area contributed by atoms with Gasteiger partial charge in [0.15, 0.2) is 11.5 Å². The Morgan fingerprint density at radius 2 is 1.48 bits per heavy atom. The summed E-state index contributed by atoms with van der Waals surface area (Å²) in [4.78, 5) is 54.4. The quantitative estimate of drug-likeness (QED) is 0.112. The molecule has 5 heterocycles. The van der Waals surface area contributed by atoms with Gasteiger partial charge in [0.05, 0.1) is 24.4 Å². The zero-order chi connectivity index (χ0) is 46.2. The van der Waals surface area contributed by atoms with Crippen LogP contribution >= 0.6 is 21.6 Å². The molecule has 5 aromatic carbocycles. The van der Waals surface area contributed by atoms with E-state index in [0.29, 0.717) is 58.3 Å². The van der Waals surface area contributed by atoms with Gasteiger partial charge in [-0.2, -0.15) is 0 Å². The summed E-state index contributed by atoms with van der Waals surface area (Å²) in [6.45, 7) is 6.60. The number of hydrogen-bond acceptors (Lipinski definition) is 11. The van der Waals surface area contributed by atoms with Gasteiger partial charge in [-0.05, 0) is 145 Å². The summed E-state index contributed by atoms with van der Waals surface area (Å²) in [7, 11) is 4.70. The molecule has 0 spiro atoms. The second-order valence-corrected chi connectivity index (χ2v) is 20.6. The highest BCUT2D eigenvalue weighted by Gasteiger charge is 2.38. The number of methoxy groups -OCH3 is 1. The lowest BCUT2D eigenvalue weighted by Gasteiger charge is -2.23. The number of hydrogen-bond donors (Lipinski definition) is 1. The molecule has 0 saturated carbocycles. The van der Waals surface area contributed by atoms with Gasteiger partial charge in [0.25, 0.3) is 11.8 Å². The molecule has 10 rings (SSSR count). The number of aromatic nitrogens is 1. The van der Waals surface area contributed by atoms with Gasteiger partial charge in [0.1, 0.15) is 29.7 Å². The molecule has 12 nitrogen and oxygen atoms in total. The minimum Gasteiger partial charge on any atom is -0.493 e. The van der Waals surface area contributed by atoms with Crippen molar-refractivity contribution < 1.29 is 33.3 Å². The second kappa shape index (κ2) is 18.5. The maximum atomic E-state index is 14.1. The molecule has 1 aromatic heterocycles. The molecule has 3 amide bonds. The Morgan fingerprint density at radius 1 is 0.776 bits per heavy atom. The molecule has 1 N–H and O–H groups in total. The summed E-state index contributed by atoms with van der Waals surface area (Å²) < 4.78 is 24.3. The van der Waals surface area contributed by atoms with E-state index in [9.17, 15) is 14.4 Å². The number of amides is 3. The van der Waals surface area contributed by atoms with E-state index in [1.807, 2.05) is 111 Å². The first-order valence-electron chi connectivity index (χ1n) is 22.3. The van der Waals surface area contributed by atoms with Crippen LogP contribution in [-0.4, -0.2) is 59.6 Å². The van der Waals surface area contributed by atoms with E-state index in [0.717, 1.165) is 57.9 Å². The van der Waals surface area contributed by atoms with Gasteiger partial charge < -0.3 is 29.2 Å². The van der Waals surface area contributed by atoms with Gasteiger partial charge in [-0.25, -0.2) is 9.78 Å². The van der Waals surface area contributed by atoms with Crippen molar-refractivity contribution in [2.45, 2.75) is 81.5 Å². The molecule has 0 bridgehead atoms. The van der Waals surface area contributed by atoms with Crippen LogP contribution in [0.3, 0.4) is 0 Å². The monoisotopic (exact) mass is 931 g/mol. The number of ether oxygens (including phenoxy) is 4. The van der Waals surface area contributed by atoms with Crippen molar-refractivity contribution in [3.05, 3.63) is 160 Å². The van der Waals surface area contributed by atoms with Gasteiger partial charge in [-0.1, -0.05) is 53.3 Å². The topological polar surface area (TPSA) is 132 Å². The number of para-hydroxylation sites is 2. The normalized spacial score (nSPS) is 16.7. The average Bonchev–Trinajstić information content (AvgIpc) is 3.83. The molecule has 0 unspecified atom stereocenters. The first kappa shape index (κ1) is 44.1. The Kier molecular flexibility index (Phi) is 12.2. The molecule has 340 valence electrons. The van der Waals surface area contributed by atoms with Crippen molar-refractivity contribution in [3.63, 3.8) is 0 Å². The molecule has 0 aliphatic carbocycles. The number of aliphatic imine (C=N–C) groups is 1. The van der Waals surface area contributed by atoms with E-state index < -0.39 is 6.09 Å². The zero-order valence-corrected chi connectivity index (χ0v) is 39.2. The molecular weight excluding hydrogens is 883 g/mol. The minimum atomic E-state index is -0.603. The summed E-state index contributed by atoms with van der Waals surface area (Å²) >= 11 is 0. The lowest BCUT2D eigenvalue weighted by molar-refractivity contribution is 0.0975. The number of aryl methyl sites for hydroxylation is 2. The Bertz CT molecular complexity index is 2940. The van der Waals surface area contributed by atoms with Gasteiger partial charge in [-0.3, -0.25) is 19.5 Å². The van der Waals surface area contributed by atoms with Crippen molar-refractivity contribution in [3.8, 4) is 23.0 Å². The van der Waals surface area contributed by atoms with Crippen LogP contribution in [0.25, 0.3) is 0 Å². The predicted molar refractivity (Wildman–Crippen MR) is 263 cm³/mol. The summed E-state index contributed by atoms with van der Waals surface area (Å²) in [6, 6.07) is 34.6. The fraction of sp³-hybridized carbons (Fsp3) is 0.264. The third-order valence-electron chi connectivity index (χ3n) is 12.5. The largest absolute Gasteiger partial charge is 0.493 e. The van der Waals surface area contributed by atoms with E-state index in [1.54, 1.807) is 57.0 Å². The highest BCUT2D eigenvalue weighted by molar-refractivity contribution is 8.77. The van der Waals surface area contributed by atoms with Crippen LogP contribution in [0.2, 0.25) is 0 Å². The molecule has 4 aliphatic heterocycles. The number of carbonyl (C=O) groups excluding carboxylic acids is 3. The van der Waals surface area contributed by atoms with Gasteiger partial charge in [-0.15, -0.1) is 0 Å². The zero-order valence-electron chi connectivity index (χ0n) is 37.6. The van der Waals surface area contributed by atoms with Crippen LogP contribution in [-0.2, 0) is 32.5 Å². The number of rotatable bonds is 13. The van der Waals surface area contributed by atoms with Crippen LogP contribution in [0.1, 0.15) is 74.4 Å². The van der Waals surface area contributed by atoms with E-state index in [4.69, 9.17) is 23.9 Å². The Balaban J connectivity index is 0.881. The lowest BCUT2D eigenvalue weighted by Crippen LogP contribution is -2.37. The summed E-state index contributed by atoms with van der Waals surface area (Å²) in [6.07, 6.45) is 6.12. The Morgan fingerprint density at radius 3 is 2.22 bits per heavy atom. The molecule has 67 heavy (non-hydrogen) atoms. The van der Waals surface area contributed by atoms with Crippen LogP contribution < -0.4 is 34.1 Å². The highest BCUT2D eigenvalue weighted by atomic mass is 33.1. The number of carbonyl (C=O) groups is 3. The number of nitrogens with one attached hydrogen (secondary N) is 1. The first-order valence-corrected chi connectivity index (χ1v) is 24.5. The van der Waals surface area contributed by atoms with Gasteiger partial charge in [0.2, 0.25) is 0 Å². The molecule has 6 aromatic rings. The number of anilines is 2. The van der Waals surface area contributed by atoms with Gasteiger partial charge in [0, 0.05) is 59.2 Å². The molecule has 14 heteroatoms. The predicted octanol–water partition coefficient (Wildman–Crippen LogP) is 10.7. The number of benzene rings is 5. The molecule has 0 radical (unpaired) electrons. The van der Waals surface area contributed by atoms with Crippen LogP contribution in [0.5, 0.6) is 23.0 Å². The minimum absolute atomic E-state index is 0.0226. The van der Waals surface area contributed by atoms with Crippen molar-refractivity contribution in [2.24, 2.45) is 4.99 Å². The number of pyridine rings is 1. The molecular formula is C53H49N5O7S2. The smallest absolute Gasteiger partial charge is 0.412 e. The summed E-state index contributed by atoms with van der Waals surface area (Å²) in [5.41, 5.74) is 9.04. The summed E-state index contributed by atoms with van der Waals surface area (Å²) in [5.74, 6) is 1.63. The standard InChI is InChI=1S/C53H49N5O7S2/c1-32-19-41-35(16-17-38-23-36-11-5-7-13-44(36)57(38)50(41)59)25-46(32)63-29-33-20-34(22-40(21-33)65-52(61)56-31-53(2,3)67-66-49-15-9-10-18-54-49)30-64-48-27-43-42(26-47(48)62-4)51(60)58-39(28-55-43)24-37-12-6-8-14-45(37)58/h5-15,18-22,25-28,38-39H,16-17,23-24,29-31H2,1-4H3,(H,56,61)/t38-,39+/m1/s1. The maximum Gasteiger partial charge on any atom is 0.412 e. The highest BCUT2D eigenvalue weighted by Crippen LogP contribution is 2.43. The lowest BCUT2D eigenvalue weighted by atomic mass is 9.98. The maximum absolute atomic E-state index is 14.1. The van der Waals surface area contributed by atoms with E-state index >= 15 is 0 Å². The van der Waals surface area contributed by atoms with Crippen LogP contribution in [0, 0.1) is 6.92 Å². The van der Waals surface area contributed by atoms with Crippen LogP contribution in [0.4, 0.5) is 21.9 Å². The fourth-order valence-corrected chi connectivity index (χ4v) is 11.3. The molecule has 0 fully saturated rings. The van der Waals surface area contributed by atoms with Crippen molar-refractivity contribution in [2.75, 3.05) is 23.5 Å². The Labute approximate surface area is 397 Å². The van der Waals surface area contributed by atoms with Crippen LogP contribution in [0.15, 0.2) is 125 Å². The molecule has 2 atom stereocenters. The SMILES string of the molecule is COc1cc2c(cc1OCc1cc(COc3cc4c(cc3C)C(=O)N3c5ccccc5C[C@H]3CC4)cc(OC(=O)NCC(C)(C)SSc3ccccn3)c1)N=C[C@@H]1Cc3ccccc3N1C2=O. The number of nitrogens with zero attached hydrogens (tertiary/aromatic N) is 4. The Hall–Kier alpha value is -6.77. The third kappa shape index (κ3) is 9.20. The van der Waals surface area contributed by atoms with E-state index in [-0.39, 0.29) is 41.9 Å². The van der Waals surface area contributed by atoms with Crippen molar-refractivity contribution >= 4 is 62.8 Å². The van der Waals surface area contributed by atoms with Gasteiger partial charge >= 0.3 is 6.09 Å². The fourth-order valence-electron chi connectivity index (χ4n) is 9.18. The van der Waals surface area contributed by atoms with Crippen molar-refractivity contribution in [1.82, 2.24) is 10.3 Å². The van der Waals surface area contributed by atoms with Crippen molar-refractivity contribution in [1.29, 1.82) is 0 Å².